The number of fused-ring (bicyclic) bond motifs is 3. The molecule has 0 spiro atoms. The maximum absolute atomic E-state index is 14.3. The minimum atomic E-state index is -0.828. The lowest BCUT2D eigenvalue weighted by Gasteiger charge is -2.45. The molecule has 1 saturated heterocycles. The number of urea groups is 1. The standard InChI is InChI=1S/C22H25FN6O2/c1-13(2)20-25-19(26-31-20)17-18-22(3,4)29(21(30)27-9-5-6-10-27)16-11-14(23)7-8-15(16)28(18)12-24-17/h7-8,11-13H,5-6,9-10H2,1-4H3. The fourth-order valence-corrected chi connectivity index (χ4v) is 4.52. The van der Waals surface area contributed by atoms with Gasteiger partial charge in [-0.3, -0.25) is 9.47 Å². The lowest BCUT2D eigenvalue weighted by molar-refractivity contribution is 0.207. The molecular weight excluding hydrogens is 399 g/mol. The topological polar surface area (TPSA) is 80.3 Å². The Morgan fingerprint density at radius 2 is 1.94 bits per heavy atom. The Hall–Kier alpha value is -3.23. The minimum absolute atomic E-state index is 0.0876. The summed E-state index contributed by atoms with van der Waals surface area (Å²) in [5.41, 5.74) is 1.69. The SMILES string of the molecule is CC(C)c1nc(-c2ncn3c2C(C)(C)N(C(=O)N2CCCC2)c2cc(F)ccc2-3)no1. The van der Waals surface area contributed by atoms with E-state index in [-0.39, 0.29) is 11.9 Å². The number of benzene rings is 1. The molecule has 1 aromatic carbocycles. The summed E-state index contributed by atoms with van der Waals surface area (Å²) in [5.74, 6) is 0.601. The molecule has 2 aromatic heterocycles. The third kappa shape index (κ3) is 2.94. The van der Waals surface area contributed by atoms with Gasteiger partial charge in [0.05, 0.1) is 22.6 Å². The van der Waals surface area contributed by atoms with Crippen molar-refractivity contribution in [2.45, 2.75) is 52.0 Å². The zero-order valence-corrected chi connectivity index (χ0v) is 18.1. The van der Waals surface area contributed by atoms with Gasteiger partial charge in [0.1, 0.15) is 17.8 Å². The largest absolute Gasteiger partial charge is 0.339 e. The van der Waals surface area contributed by atoms with Crippen LogP contribution in [0.15, 0.2) is 29.0 Å². The third-order valence-electron chi connectivity index (χ3n) is 6.06. The number of hydrogen-bond donors (Lipinski definition) is 0. The van der Waals surface area contributed by atoms with E-state index in [1.165, 1.54) is 12.1 Å². The number of anilines is 1. The molecule has 4 heterocycles. The molecule has 0 bridgehead atoms. The quantitative estimate of drug-likeness (QED) is 0.607. The van der Waals surface area contributed by atoms with E-state index in [4.69, 9.17) is 4.52 Å². The molecule has 0 radical (unpaired) electrons. The summed E-state index contributed by atoms with van der Waals surface area (Å²) in [6, 6.07) is 4.35. The van der Waals surface area contributed by atoms with E-state index in [2.05, 4.69) is 15.1 Å². The molecule has 2 amide bonds. The monoisotopic (exact) mass is 424 g/mol. The maximum Gasteiger partial charge on any atom is 0.325 e. The molecular formula is C22H25FN6O2. The molecule has 2 aliphatic rings. The molecule has 3 aromatic rings. The van der Waals surface area contributed by atoms with Gasteiger partial charge in [-0.1, -0.05) is 19.0 Å². The predicted molar refractivity (Wildman–Crippen MR) is 113 cm³/mol. The summed E-state index contributed by atoms with van der Waals surface area (Å²) in [6.45, 7) is 9.23. The van der Waals surface area contributed by atoms with Crippen LogP contribution in [0.2, 0.25) is 0 Å². The number of rotatable bonds is 2. The highest BCUT2D eigenvalue weighted by molar-refractivity contribution is 5.97. The molecule has 0 aliphatic carbocycles. The van der Waals surface area contributed by atoms with Gasteiger partial charge < -0.3 is 9.42 Å². The van der Waals surface area contributed by atoms with E-state index >= 15 is 0 Å². The number of likely N-dealkylation sites (tertiary alicyclic amines) is 1. The van der Waals surface area contributed by atoms with Crippen molar-refractivity contribution in [2.75, 3.05) is 18.0 Å². The second kappa shape index (κ2) is 6.90. The van der Waals surface area contributed by atoms with Crippen molar-refractivity contribution in [2.24, 2.45) is 0 Å². The average molecular weight is 424 g/mol. The van der Waals surface area contributed by atoms with Crippen LogP contribution in [0.25, 0.3) is 17.2 Å². The molecule has 8 nitrogen and oxygen atoms in total. The van der Waals surface area contributed by atoms with Crippen molar-refractivity contribution in [3.05, 3.63) is 41.9 Å². The van der Waals surface area contributed by atoms with Gasteiger partial charge in [0.25, 0.3) is 0 Å². The van der Waals surface area contributed by atoms with Crippen molar-refractivity contribution in [3.63, 3.8) is 0 Å². The second-order valence-corrected chi connectivity index (χ2v) is 8.93. The normalized spacial score (nSPS) is 17.2. The van der Waals surface area contributed by atoms with Crippen LogP contribution in [-0.4, -0.2) is 43.7 Å². The fourth-order valence-electron chi connectivity index (χ4n) is 4.52. The molecule has 31 heavy (non-hydrogen) atoms. The van der Waals surface area contributed by atoms with Crippen LogP contribution < -0.4 is 4.90 Å². The number of carbonyl (C=O) groups is 1. The summed E-state index contributed by atoms with van der Waals surface area (Å²) < 4.78 is 21.6. The zero-order chi connectivity index (χ0) is 21.9. The van der Waals surface area contributed by atoms with E-state index in [9.17, 15) is 9.18 Å². The van der Waals surface area contributed by atoms with E-state index < -0.39 is 11.4 Å². The Morgan fingerprint density at radius 3 is 2.61 bits per heavy atom. The van der Waals surface area contributed by atoms with Crippen LogP contribution in [0.4, 0.5) is 14.9 Å². The Bertz CT molecular complexity index is 1160. The molecule has 162 valence electrons. The number of carbonyl (C=O) groups excluding carboxylic acids is 1. The smallest absolute Gasteiger partial charge is 0.325 e. The highest BCUT2D eigenvalue weighted by atomic mass is 19.1. The van der Waals surface area contributed by atoms with Crippen molar-refractivity contribution in [1.29, 1.82) is 0 Å². The fraction of sp³-hybridized carbons (Fsp3) is 0.455. The first-order chi connectivity index (χ1) is 14.8. The average Bonchev–Trinajstić information content (AvgIpc) is 3.46. The molecule has 0 unspecified atom stereocenters. The summed E-state index contributed by atoms with van der Waals surface area (Å²) in [6.07, 6.45) is 3.62. The van der Waals surface area contributed by atoms with Crippen LogP contribution in [0, 0.1) is 5.82 Å². The number of halogens is 1. The Labute approximate surface area is 179 Å². The van der Waals surface area contributed by atoms with Crippen molar-refractivity contribution in [3.8, 4) is 17.2 Å². The van der Waals surface area contributed by atoms with Gasteiger partial charge >= 0.3 is 6.03 Å². The Morgan fingerprint density at radius 1 is 1.19 bits per heavy atom. The number of aromatic nitrogens is 4. The minimum Gasteiger partial charge on any atom is -0.339 e. The lowest BCUT2D eigenvalue weighted by atomic mass is 9.91. The predicted octanol–water partition coefficient (Wildman–Crippen LogP) is 4.46. The molecule has 0 atom stereocenters. The molecule has 9 heteroatoms. The van der Waals surface area contributed by atoms with Crippen LogP contribution in [0.1, 0.15) is 58.0 Å². The number of nitrogens with zero attached hydrogens (tertiary/aromatic N) is 6. The van der Waals surface area contributed by atoms with Gasteiger partial charge in [-0.15, -0.1) is 0 Å². The summed E-state index contributed by atoms with van der Waals surface area (Å²) in [7, 11) is 0. The van der Waals surface area contributed by atoms with Gasteiger partial charge in [-0.05, 0) is 44.9 Å². The van der Waals surface area contributed by atoms with E-state index in [1.807, 2.05) is 37.2 Å². The van der Waals surface area contributed by atoms with Crippen LogP contribution in [0.5, 0.6) is 0 Å². The lowest BCUT2D eigenvalue weighted by Crippen LogP contribution is -2.54. The van der Waals surface area contributed by atoms with Crippen molar-refractivity contribution < 1.29 is 13.7 Å². The van der Waals surface area contributed by atoms with Crippen molar-refractivity contribution >= 4 is 11.7 Å². The van der Waals surface area contributed by atoms with E-state index in [1.54, 1.807) is 17.3 Å². The first kappa shape index (κ1) is 19.7. The molecule has 0 saturated carbocycles. The number of amides is 2. The highest BCUT2D eigenvalue weighted by Gasteiger charge is 2.46. The van der Waals surface area contributed by atoms with Crippen LogP contribution in [0.3, 0.4) is 0 Å². The van der Waals surface area contributed by atoms with Gasteiger partial charge in [0, 0.05) is 19.0 Å². The Balaban J connectivity index is 1.71. The summed E-state index contributed by atoms with van der Waals surface area (Å²) >= 11 is 0. The summed E-state index contributed by atoms with van der Waals surface area (Å²) in [4.78, 5) is 26.2. The molecule has 1 fully saturated rings. The first-order valence-corrected chi connectivity index (χ1v) is 10.6. The molecule has 5 rings (SSSR count). The van der Waals surface area contributed by atoms with E-state index in [0.717, 1.165) is 18.5 Å². The van der Waals surface area contributed by atoms with Crippen molar-refractivity contribution in [1.82, 2.24) is 24.6 Å². The number of imidazole rings is 1. The van der Waals surface area contributed by atoms with Gasteiger partial charge in [-0.25, -0.2) is 14.2 Å². The second-order valence-electron chi connectivity index (χ2n) is 8.93. The Kier molecular flexibility index (Phi) is 4.39. The molecule has 0 N–H and O–H groups in total. The zero-order valence-electron chi connectivity index (χ0n) is 18.1. The highest BCUT2D eigenvalue weighted by Crippen LogP contribution is 2.46. The van der Waals surface area contributed by atoms with Crippen LogP contribution >= 0.6 is 0 Å². The van der Waals surface area contributed by atoms with Gasteiger partial charge in [0.15, 0.2) is 0 Å². The molecule has 2 aliphatic heterocycles. The number of hydrogen-bond acceptors (Lipinski definition) is 5. The third-order valence-corrected chi connectivity index (χ3v) is 6.06. The van der Waals surface area contributed by atoms with Crippen LogP contribution in [-0.2, 0) is 5.54 Å². The van der Waals surface area contributed by atoms with Gasteiger partial charge in [0.2, 0.25) is 11.7 Å². The van der Waals surface area contributed by atoms with E-state index in [0.29, 0.717) is 41.9 Å². The summed E-state index contributed by atoms with van der Waals surface area (Å²) in [5, 5.41) is 4.14. The first-order valence-electron chi connectivity index (χ1n) is 10.6. The van der Waals surface area contributed by atoms with Gasteiger partial charge in [-0.2, -0.15) is 4.98 Å². The maximum atomic E-state index is 14.3.